The lowest BCUT2D eigenvalue weighted by molar-refractivity contribution is -0.144. The number of hydrogen-bond acceptors (Lipinski definition) is 3. The molecule has 0 saturated carbocycles. The smallest absolute Gasteiger partial charge is 0.320 e. The Balaban J connectivity index is 2.70. The maximum absolute atomic E-state index is 11.1. The van der Waals surface area contributed by atoms with Gasteiger partial charge in [-0.3, -0.25) is 9.69 Å². The second kappa shape index (κ2) is 5.47. The standard InChI is InChI=1S/C11H21NO3/c1-3-4-9(11(14)15)12-6-5-8(2)10(12)7-13/h8-10,13H,3-7H2,1-2H3,(H,14,15). The molecule has 1 aliphatic rings. The van der Waals surface area contributed by atoms with Crippen LogP contribution in [0.3, 0.4) is 0 Å². The zero-order chi connectivity index (χ0) is 11.4. The Kier molecular flexibility index (Phi) is 4.54. The lowest BCUT2D eigenvalue weighted by Crippen LogP contribution is -2.46. The van der Waals surface area contributed by atoms with Crippen LogP contribution in [0.2, 0.25) is 0 Å². The Morgan fingerprint density at radius 1 is 1.60 bits per heavy atom. The highest BCUT2D eigenvalue weighted by Gasteiger charge is 2.37. The number of nitrogens with zero attached hydrogens (tertiary/aromatic N) is 1. The van der Waals surface area contributed by atoms with Gasteiger partial charge >= 0.3 is 5.97 Å². The number of aliphatic carboxylic acids is 1. The van der Waals surface area contributed by atoms with E-state index in [1.807, 2.05) is 11.8 Å². The Morgan fingerprint density at radius 2 is 2.27 bits per heavy atom. The van der Waals surface area contributed by atoms with E-state index in [-0.39, 0.29) is 12.6 Å². The third kappa shape index (κ3) is 2.69. The maximum Gasteiger partial charge on any atom is 0.320 e. The molecular formula is C11H21NO3. The van der Waals surface area contributed by atoms with Crippen LogP contribution in [0.15, 0.2) is 0 Å². The largest absolute Gasteiger partial charge is 0.480 e. The van der Waals surface area contributed by atoms with Crippen molar-refractivity contribution in [1.29, 1.82) is 0 Å². The average molecular weight is 215 g/mol. The van der Waals surface area contributed by atoms with Gasteiger partial charge in [0, 0.05) is 6.04 Å². The molecule has 1 fully saturated rings. The molecule has 0 radical (unpaired) electrons. The highest BCUT2D eigenvalue weighted by molar-refractivity contribution is 5.73. The maximum atomic E-state index is 11.1. The van der Waals surface area contributed by atoms with E-state index in [4.69, 9.17) is 5.11 Å². The zero-order valence-electron chi connectivity index (χ0n) is 9.52. The number of hydrogen-bond donors (Lipinski definition) is 2. The van der Waals surface area contributed by atoms with Gasteiger partial charge in [-0.25, -0.2) is 0 Å². The van der Waals surface area contributed by atoms with Crippen LogP contribution in [0, 0.1) is 5.92 Å². The predicted molar refractivity (Wildman–Crippen MR) is 57.7 cm³/mol. The van der Waals surface area contributed by atoms with E-state index in [0.717, 1.165) is 19.4 Å². The van der Waals surface area contributed by atoms with Crippen molar-refractivity contribution >= 4 is 5.97 Å². The number of carboxylic acid groups (broad SMARTS) is 1. The molecule has 1 aliphatic heterocycles. The van der Waals surface area contributed by atoms with E-state index in [9.17, 15) is 9.90 Å². The molecule has 3 atom stereocenters. The molecule has 1 saturated heterocycles. The Bertz CT molecular complexity index is 220. The quantitative estimate of drug-likeness (QED) is 0.716. The molecule has 0 aromatic heterocycles. The molecule has 1 rings (SSSR count). The van der Waals surface area contributed by atoms with Crippen LogP contribution >= 0.6 is 0 Å². The molecule has 15 heavy (non-hydrogen) atoms. The summed E-state index contributed by atoms with van der Waals surface area (Å²) in [6, 6.07) is -0.394. The number of rotatable bonds is 5. The van der Waals surface area contributed by atoms with E-state index >= 15 is 0 Å². The first kappa shape index (κ1) is 12.5. The predicted octanol–water partition coefficient (Wildman–Crippen LogP) is 0.942. The van der Waals surface area contributed by atoms with Crippen LogP contribution in [0.4, 0.5) is 0 Å². The van der Waals surface area contributed by atoms with Crippen LogP contribution < -0.4 is 0 Å². The van der Waals surface area contributed by atoms with Crippen LogP contribution in [-0.2, 0) is 4.79 Å². The van der Waals surface area contributed by atoms with Gasteiger partial charge in [-0.15, -0.1) is 0 Å². The number of likely N-dealkylation sites (tertiary alicyclic amines) is 1. The van der Waals surface area contributed by atoms with Gasteiger partial charge < -0.3 is 10.2 Å². The summed E-state index contributed by atoms with van der Waals surface area (Å²) in [4.78, 5) is 13.1. The summed E-state index contributed by atoms with van der Waals surface area (Å²) in [5.74, 6) is -0.363. The van der Waals surface area contributed by atoms with Crippen molar-refractivity contribution in [3.05, 3.63) is 0 Å². The fourth-order valence-electron chi connectivity index (χ4n) is 2.41. The summed E-state index contributed by atoms with van der Waals surface area (Å²) >= 11 is 0. The summed E-state index contributed by atoms with van der Waals surface area (Å²) in [5.41, 5.74) is 0. The second-order valence-electron chi connectivity index (χ2n) is 4.40. The first-order chi connectivity index (χ1) is 7.11. The summed E-state index contributed by atoms with van der Waals surface area (Å²) in [6.45, 7) is 4.92. The van der Waals surface area contributed by atoms with Gasteiger partial charge in [0.15, 0.2) is 0 Å². The Morgan fingerprint density at radius 3 is 2.73 bits per heavy atom. The first-order valence-corrected chi connectivity index (χ1v) is 5.71. The third-order valence-corrected chi connectivity index (χ3v) is 3.36. The van der Waals surface area contributed by atoms with Gasteiger partial charge in [-0.2, -0.15) is 0 Å². The van der Waals surface area contributed by atoms with Gasteiger partial charge in [0.1, 0.15) is 6.04 Å². The van der Waals surface area contributed by atoms with Crippen molar-refractivity contribution in [2.24, 2.45) is 5.92 Å². The molecule has 0 bridgehead atoms. The number of aliphatic hydroxyl groups excluding tert-OH is 1. The minimum Gasteiger partial charge on any atom is -0.480 e. The molecular weight excluding hydrogens is 194 g/mol. The van der Waals surface area contributed by atoms with Crippen molar-refractivity contribution in [3.8, 4) is 0 Å². The first-order valence-electron chi connectivity index (χ1n) is 5.71. The molecule has 0 aliphatic carbocycles. The highest BCUT2D eigenvalue weighted by Crippen LogP contribution is 2.27. The van der Waals surface area contributed by atoms with Gasteiger partial charge in [0.05, 0.1) is 6.61 Å². The van der Waals surface area contributed by atoms with E-state index in [2.05, 4.69) is 6.92 Å². The Labute approximate surface area is 90.9 Å². The molecule has 0 amide bonds. The van der Waals surface area contributed by atoms with Crippen molar-refractivity contribution in [3.63, 3.8) is 0 Å². The number of carbonyl (C=O) groups is 1. The number of aliphatic hydroxyl groups is 1. The fraction of sp³-hybridized carbons (Fsp3) is 0.909. The van der Waals surface area contributed by atoms with Crippen molar-refractivity contribution in [2.45, 2.75) is 45.2 Å². The molecule has 88 valence electrons. The van der Waals surface area contributed by atoms with E-state index in [0.29, 0.717) is 12.3 Å². The molecule has 0 aromatic rings. The average Bonchev–Trinajstić information content (AvgIpc) is 2.55. The van der Waals surface area contributed by atoms with Gasteiger partial charge in [0.2, 0.25) is 0 Å². The summed E-state index contributed by atoms with van der Waals surface area (Å²) in [5, 5.41) is 18.4. The highest BCUT2D eigenvalue weighted by atomic mass is 16.4. The van der Waals surface area contributed by atoms with Crippen molar-refractivity contribution in [2.75, 3.05) is 13.2 Å². The van der Waals surface area contributed by atoms with E-state index in [1.165, 1.54) is 0 Å². The molecule has 4 heteroatoms. The van der Waals surface area contributed by atoms with Gasteiger partial charge in [-0.05, 0) is 25.3 Å². The van der Waals surface area contributed by atoms with Gasteiger partial charge in [-0.1, -0.05) is 20.3 Å². The molecule has 1 heterocycles. The van der Waals surface area contributed by atoms with Crippen LogP contribution in [0.1, 0.15) is 33.1 Å². The molecule has 2 N–H and O–H groups in total. The monoisotopic (exact) mass is 215 g/mol. The lowest BCUT2D eigenvalue weighted by atomic mass is 10.0. The minimum absolute atomic E-state index is 0.0256. The fourth-order valence-corrected chi connectivity index (χ4v) is 2.41. The normalized spacial score (nSPS) is 29.3. The molecule has 0 aromatic carbocycles. The summed E-state index contributed by atoms with van der Waals surface area (Å²) in [7, 11) is 0. The Hall–Kier alpha value is -0.610. The van der Waals surface area contributed by atoms with Crippen LogP contribution in [0.25, 0.3) is 0 Å². The molecule has 4 nitrogen and oxygen atoms in total. The van der Waals surface area contributed by atoms with Crippen LogP contribution in [0.5, 0.6) is 0 Å². The topological polar surface area (TPSA) is 60.8 Å². The van der Waals surface area contributed by atoms with Crippen molar-refractivity contribution in [1.82, 2.24) is 4.90 Å². The lowest BCUT2D eigenvalue weighted by Gasteiger charge is -2.30. The minimum atomic E-state index is -0.760. The summed E-state index contributed by atoms with van der Waals surface area (Å²) in [6.07, 6.45) is 2.51. The number of carboxylic acids is 1. The van der Waals surface area contributed by atoms with Gasteiger partial charge in [0.25, 0.3) is 0 Å². The molecule has 3 unspecified atom stereocenters. The SMILES string of the molecule is CCCC(C(=O)O)N1CCC(C)C1CO. The van der Waals surface area contributed by atoms with Crippen LogP contribution in [-0.4, -0.2) is 46.3 Å². The zero-order valence-corrected chi connectivity index (χ0v) is 9.52. The van der Waals surface area contributed by atoms with E-state index in [1.54, 1.807) is 0 Å². The third-order valence-electron chi connectivity index (χ3n) is 3.36. The van der Waals surface area contributed by atoms with Crippen molar-refractivity contribution < 1.29 is 15.0 Å². The van der Waals surface area contributed by atoms with E-state index < -0.39 is 12.0 Å². The molecule has 0 spiro atoms. The second-order valence-corrected chi connectivity index (χ2v) is 4.40. The summed E-state index contributed by atoms with van der Waals surface area (Å²) < 4.78 is 0.